The van der Waals surface area contributed by atoms with Gasteiger partial charge in [0.15, 0.2) is 0 Å². The van der Waals surface area contributed by atoms with Gasteiger partial charge in [0, 0.05) is 0 Å². The zero-order valence-corrected chi connectivity index (χ0v) is 9.01. The summed E-state index contributed by atoms with van der Waals surface area (Å²) in [7, 11) is 0. The van der Waals surface area contributed by atoms with Gasteiger partial charge >= 0.3 is 49.6 Å². The third kappa shape index (κ3) is 406. The Morgan fingerprint density at radius 1 is 0.333 bits per heavy atom. The normalized spacial score (nSPS) is 5.71. The molecule has 0 radical (unpaired) electrons. The molecule has 0 aliphatic rings. The van der Waals surface area contributed by atoms with Crippen LogP contribution in [0.1, 0.15) is 0 Å². The Morgan fingerprint density at radius 2 is 0.333 bits per heavy atom. The van der Waals surface area contributed by atoms with Crippen molar-refractivity contribution in [2.75, 3.05) is 0 Å². The molecule has 16 heteroatoms. The van der Waals surface area contributed by atoms with E-state index in [-0.39, 0.29) is 18.9 Å². The Balaban J connectivity index is -0.0000000331. The predicted molar refractivity (Wildman–Crippen MR) is 60.4 cm³/mol. The number of carboxylic acid groups (broad SMARTS) is 10. The molecule has 10 N–H and O–H groups in total. The Bertz CT molecular complexity index is 207. The molecule has 21 heavy (non-hydrogen) atoms. The SMILES string of the molecule is O=C(O)O.O=C(O)O.O=C(O)O.O=C(O)O.O=C(O)O.[LiH]. The molecule has 0 fully saturated rings. The molecule has 15 nitrogen and oxygen atoms in total. The maximum atomic E-state index is 8.56. The number of hydrogen-bond donors (Lipinski definition) is 10. The van der Waals surface area contributed by atoms with Crippen LogP contribution in [0.4, 0.5) is 24.0 Å². The van der Waals surface area contributed by atoms with E-state index >= 15 is 0 Å². The van der Waals surface area contributed by atoms with E-state index in [1.54, 1.807) is 0 Å². The fraction of sp³-hybridized carbons (Fsp3) is 0. The van der Waals surface area contributed by atoms with Crippen LogP contribution in [0.5, 0.6) is 0 Å². The van der Waals surface area contributed by atoms with E-state index in [1.807, 2.05) is 0 Å². The number of carbonyl (C=O) groups is 5. The monoisotopic (exact) mass is 318 g/mol. The standard InChI is InChI=1S/5CH2O3.Li.H/c5*2-1(3)4;;/h5*(H2,2,3,4);;. The molecule has 0 aromatic rings. The molecule has 0 spiro atoms. The third-order valence-electron chi connectivity index (χ3n) is 0. The van der Waals surface area contributed by atoms with Crippen LogP contribution in [0, 0.1) is 0 Å². The summed E-state index contributed by atoms with van der Waals surface area (Å²) in [5.41, 5.74) is 0. The van der Waals surface area contributed by atoms with E-state index < -0.39 is 30.8 Å². The minimum absolute atomic E-state index is 0. The van der Waals surface area contributed by atoms with E-state index in [9.17, 15) is 0 Å². The summed E-state index contributed by atoms with van der Waals surface area (Å²) < 4.78 is 0. The molecule has 0 aliphatic heterocycles. The molecule has 0 aromatic heterocycles. The third-order valence-corrected chi connectivity index (χ3v) is 0. The fourth-order valence-corrected chi connectivity index (χ4v) is 0. The Kier molecular flexibility index (Phi) is 51.9. The van der Waals surface area contributed by atoms with Crippen LogP contribution >= 0.6 is 0 Å². The molecular formula is C5H11LiO15. The second kappa shape index (κ2) is 30.2. The number of hydrogen-bond acceptors (Lipinski definition) is 5. The van der Waals surface area contributed by atoms with Gasteiger partial charge in [-0.05, 0) is 0 Å². The molecule has 0 saturated carbocycles. The molecule has 0 aromatic carbocycles. The van der Waals surface area contributed by atoms with Crippen LogP contribution in [0.15, 0.2) is 0 Å². The Morgan fingerprint density at radius 3 is 0.333 bits per heavy atom. The molecule has 0 aliphatic carbocycles. The van der Waals surface area contributed by atoms with Crippen molar-refractivity contribution in [2.45, 2.75) is 0 Å². The van der Waals surface area contributed by atoms with Gasteiger partial charge in [-0.15, -0.1) is 0 Å². The molecular weight excluding hydrogens is 307 g/mol. The summed E-state index contributed by atoms with van der Waals surface area (Å²) >= 11 is 0. The van der Waals surface area contributed by atoms with Crippen LogP contribution in [-0.2, 0) is 0 Å². The molecule has 0 rings (SSSR count). The summed E-state index contributed by atoms with van der Waals surface area (Å²) in [6.07, 6.45) is -9.17. The van der Waals surface area contributed by atoms with Crippen LogP contribution < -0.4 is 0 Å². The summed E-state index contributed by atoms with van der Waals surface area (Å²) in [5, 5.41) is 69.7. The molecule has 0 saturated heterocycles. The van der Waals surface area contributed by atoms with Crippen LogP contribution in [0.2, 0.25) is 0 Å². The first-order valence-electron chi connectivity index (χ1n) is 3.26. The van der Waals surface area contributed by atoms with Crippen molar-refractivity contribution >= 4 is 49.6 Å². The van der Waals surface area contributed by atoms with Crippen molar-refractivity contribution in [3.05, 3.63) is 0 Å². The molecule has 0 unspecified atom stereocenters. The predicted octanol–water partition coefficient (Wildman–Crippen LogP) is 0.464. The van der Waals surface area contributed by atoms with Gasteiger partial charge in [0.05, 0.1) is 0 Å². The average Bonchev–Trinajstić information content (AvgIpc) is 1.94. The van der Waals surface area contributed by atoms with Gasteiger partial charge in [-0.2, -0.15) is 0 Å². The van der Waals surface area contributed by atoms with E-state index in [0.29, 0.717) is 0 Å². The van der Waals surface area contributed by atoms with Crippen LogP contribution in [0.25, 0.3) is 0 Å². The van der Waals surface area contributed by atoms with Gasteiger partial charge in [-0.3, -0.25) is 0 Å². The average molecular weight is 318 g/mol. The van der Waals surface area contributed by atoms with E-state index in [0.717, 1.165) is 0 Å². The van der Waals surface area contributed by atoms with Crippen LogP contribution in [-0.4, -0.2) is 101 Å². The summed E-state index contributed by atoms with van der Waals surface area (Å²) in [4.78, 5) is 42.8. The van der Waals surface area contributed by atoms with E-state index in [1.165, 1.54) is 0 Å². The topological polar surface area (TPSA) is 288 Å². The van der Waals surface area contributed by atoms with Crippen LogP contribution in [0.3, 0.4) is 0 Å². The molecule has 122 valence electrons. The molecule has 0 amide bonds. The van der Waals surface area contributed by atoms with Gasteiger partial charge in [0.25, 0.3) is 0 Å². The van der Waals surface area contributed by atoms with Gasteiger partial charge in [0.2, 0.25) is 0 Å². The quantitative estimate of drug-likeness (QED) is 0.271. The first kappa shape index (κ1) is 36.1. The second-order valence-corrected chi connectivity index (χ2v) is 1.41. The first-order chi connectivity index (χ1) is 8.66. The fourth-order valence-electron chi connectivity index (χ4n) is 0. The summed E-state index contributed by atoms with van der Waals surface area (Å²) in [6, 6.07) is 0. The Labute approximate surface area is 125 Å². The zero-order chi connectivity index (χ0) is 17.9. The van der Waals surface area contributed by atoms with Gasteiger partial charge in [-0.1, -0.05) is 0 Å². The zero-order valence-electron chi connectivity index (χ0n) is 9.01. The van der Waals surface area contributed by atoms with Crippen molar-refractivity contribution in [3.8, 4) is 0 Å². The van der Waals surface area contributed by atoms with Crippen molar-refractivity contribution in [2.24, 2.45) is 0 Å². The summed E-state index contributed by atoms with van der Waals surface area (Å²) in [6.45, 7) is 0. The van der Waals surface area contributed by atoms with Gasteiger partial charge < -0.3 is 51.1 Å². The number of rotatable bonds is 0. The Hall–Kier alpha value is -3.05. The van der Waals surface area contributed by atoms with Gasteiger partial charge in [-0.25, -0.2) is 24.0 Å². The van der Waals surface area contributed by atoms with E-state index in [2.05, 4.69) is 0 Å². The molecule has 0 atom stereocenters. The minimum atomic E-state index is -1.83. The molecule has 0 heterocycles. The van der Waals surface area contributed by atoms with Gasteiger partial charge in [0.1, 0.15) is 0 Å². The maximum absolute atomic E-state index is 8.56. The van der Waals surface area contributed by atoms with Crippen molar-refractivity contribution in [1.82, 2.24) is 0 Å². The second-order valence-electron chi connectivity index (χ2n) is 1.41. The molecule has 0 bridgehead atoms. The van der Waals surface area contributed by atoms with Crippen molar-refractivity contribution < 1.29 is 75.0 Å². The first-order valence-corrected chi connectivity index (χ1v) is 3.26. The van der Waals surface area contributed by atoms with E-state index in [4.69, 9.17) is 75.0 Å². The van der Waals surface area contributed by atoms with Crippen molar-refractivity contribution in [3.63, 3.8) is 0 Å². The van der Waals surface area contributed by atoms with Crippen molar-refractivity contribution in [1.29, 1.82) is 0 Å². The summed E-state index contributed by atoms with van der Waals surface area (Å²) in [5.74, 6) is 0.